The first-order chi connectivity index (χ1) is 9.03. The number of hydrogen-bond donors (Lipinski definition) is 1. The van der Waals surface area contributed by atoms with E-state index < -0.39 is 0 Å². The second kappa shape index (κ2) is 7.49. The topological polar surface area (TPSA) is 42.2 Å². The maximum Gasteiger partial charge on any atom is 0.0593 e. The van der Waals surface area contributed by atoms with Crippen LogP contribution in [0.5, 0.6) is 0 Å². The molecule has 3 heteroatoms. The highest BCUT2D eigenvalue weighted by molar-refractivity contribution is 5.53. The van der Waals surface area contributed by atoms with Crippen LogP contribution in [0.1, 0.15) is 50.4 Å². The lowest BCUT2D eigenvalue weighted by Crippen LogP contribution is -2.29. The van der Waals surface area contributed by atoms with Crippen LogP contribution in [0.25, 0.3) is 0 Å². The highest BCUT2D eigenvalue weighted by Crippen LogP contribution is 2.20. The van der Waals surface area contributed by atoms with Gasteiger partial charge in [-0.05, 0) is 37.4 Å². The molecule has 0 aliphatic carbocycles. The summed E-state index contributed by atoms with van der Waals surface area (Å²) < 4.78 is 0. The molecule has 0 aromatic carbocycles. The van der Waals surface area contributed by atoms with Crippen molar-refractivity contribution in [3.63, 3.8) is 0 Å². The van der Waals surface area contributed by atoms with E-state index in [4.69, 9.17) is 5.73 Å². The number of anilines is 1. The first-order valence-electron chi connectivity index (χ1n) is 7.46. The smallest absolute Gasteiger partial charge is 0.0593 e. The minimum Gasteiger partial charge on any atom is -0.398 e. The Morgan fingerprint density at radius 3 is 2.37 bits per heavy atom. The molecule has 0 aliphatic rings. The molecular weight excluding hydrogens is 234 g/mol. The molecule has 1 rings (SSSR count). The van der Waals surface area contributed by atoms with Crippen molar-refractivity contribution in [3.05, 3.63) is 23.0 Å². The monoisotopic (exact) mass is 263 g/mol. The molecule has 0 amide bonds. The lowest BCUT2D eigenvalue weighted by atomic mass is 10.0. The third-order valence-corrected chi connectivity index (χ3v) is 4.17. The number of rotatable bonds is 7. The second-order valence-corrected chi connectivity index (χ2v) is 5.44. The summed E-state index contributed by atoms with van der Waals surface area (Å²) in [6.07, 6.45) is 4.38. The summed E-state index contributed by atoms with van der Waals surface area (Å²) in [5.41, 5.74) is 10.3. The third kappa shape index (κ3) is 4.20. The molecule has 19 heavy (non-hydrogen) atoms. The molecule has 0 saturated carbocycles. The van der Waals surface area contributed by atoms with Crippen LogP contribution in [0.4, 0.5) is 5.69 Å². The Kier molecular flexibility index (Phi) is 6.29. The summed E-state index contributed by atoms with van der Waals surface area (Å²) in [5, 5.41) is 0. The number of aromatic nitrogens is 1. The van der Waals surface area contributed by atoms with E-state index in [2.05, 4.69) is 37.6 Å². The number of pyridine rings is 1. The minimum absolute atomic E-state index is 0.781. The summed E-state index contributed by atoms with van der Waals surface area (Å²) in [5.74, 6) is 0.781. The Bertz CT molecular complexity index is 397. The molecule has 0 radical (unpaired) electrons. The van der Waals surface area contributed by atoms with E-state index >= 15 is 0 Å². The maximum absolute atomic E-state index is 6.09. The van der Waals surface area contributed by atoms with Crippen LogP contribution in [0.3, 0.4) is 0 Å². The Morgan fingerprint density at radius 1 is 1.21 bits per heavy atom. The van der Waals surface area contributed by atoms with E-state index in [9.17, 15) is 0 Å². The molecule has 0 unspecified atom stereocenters. The molecule has 0 aliphatic heterocycles. The molecule has 1 aromatic rings. The fourth-order valence-electron chi connectivity index (χ4n) is 2.38. The van der Waals surface area contributed by atoms with Crippen molar-refractivity contribution in [2.24, 2.45) is 5.92 Å². The molecule has 3 nitrogen and oxygen atoms in total. The van der Waals surface area contributed by atoms with Gasteiger partial charge in [0.15, 0.2) is 0 Å². The van der Waals surface area contributed by atoms with Crippen LogP contribution >= 0.6 is 0 Å². The van der Waals surface area contributed by atoms with E-state index in [0.717, 1.165) is 48.1 Å². The predicted molar refractivity (Wildman–Crippen MR) is 83.1 cm³/mol. The molecule has 1 aromatic heterocycles. The van der Waals surface area contributed by atoms with Crippen LogP contribution in [0, 0.1) is 19.8 Å². The number of hydrogen-bond acceptors (Lipinski definition) is 3. The molecule has 0 spiro atoms. The maximum atomic E-state index is 6.09. The van der Waals surface area contributed by atoms with Gasteiger partial charge in [0.2, 0.25) is 0 Å². The quantitative estimate of drug-likeness (QED) is 0.818. The van der Waals surface area contributed by atoms with Crippen molar-refractivity contribution >= 4 is 5.69 Å². The Balaban J connectivity index is 2.78. The molecular formula is C16H29N3. The molecule has 1 heterocycles. The Hall–Kier alpha value is -1.09. The molecule has 0 saturated heterocycles. The van der Waals surface area contributed by atoms with Gasteiger partial charge < -0.3 is 5.73 Å². The number of nitrogens with zero attached hydrogens (tertiary/aromatic N) is 2. The van der Waals surface area contributed by atoms with Gasteiger partial charge in [0.1, 0.15) is 0 Å². The van der Waals surface area contributed by atoms with Gasteiger partial charge in [-0.3, -0.25) is 9.88 Å². The number of aryl methyl sites for hydroxylation is 1. The average Bonchev–Trinajstić information content (AvgIpc) is 2.43. The van der Waals surface area contributed by atoms with Gasteiger partial charge >= 0.3 is 0 Å². The van der Waals surface area contributed by atoms with Crippen molar-refractivity contribution in [2.75, 3.05) is 18.8 Å². The van der Waals surface area contributed by atoms with E-state index in [1.165, 1.54) is 12.8 Å². The van der Waals surface area contributed by atoms with E-state index in [1.807, 2.05) is 13.1 Å². The lowest BCUT2D eigenvalue weighted by molar-refractivity contribution is 0.223. The standard InChI is InChI=1S/C16H29N3/c1-6-14(7-2)10-19(8-3)11-15-13(5)16(17)12(4)9-18-15/h9,14H,6-8,10-11H2,1-5H3,(H2,17,18). The fraction of sp³-hybridized carbons (Fsp3) is 0.688. The Labute approximate surface area is 118 Å². The third-order valence-electron chi connectivity index (χ3n) is 4.17. The highest BCUT2D eigenvalue weighted by atomic mass is 15.1. The normalized spacial score (nSPS) is 11.5. The van der Waals surface area contributed by atoms with Crippen LogP contribution in [-0.2, 0) is 6.54 Å². The predicted octanol–water partition coefficient (Wildman–Crippen LogP) is 3.54. The van der Waals surface area contributed by atoms with Gasteiger partial charge in [-0.1, -0.05) is 33.6 Å². The van der Waals surface area contributed by atoms with Crippen molar-refractivity contribution < 1.29 is 0 Å². The highest BCUT2D eigenvalue weighted by Gasteiger charge is 2.13. The summed E-state index contributed by atoms with van der Waals surface area (Å²) >= 11 is 0. The zero-order chi connectivity index (χ0) is 14.4. The number of nitrogen functional groups attached to an aromatic ring is 1. The largest absolute Gasteiger partial charge is 0.398 e. The molecule has 0 bridgehead atoms. The molecule has 2 N–H and O–H groups in total. The fourth-order valence-corrected chi connectivity index (χ4v) is 2.38. The van der Waals surface area contributed by atoms with Gasteiger partial charge in [-0.25, -0.2) is 0 Å². The van der Waals surface area contributed by atoms with Crippen molar-refractivity contribution in [1.29, 1.82) is 0 Å². The van der Waals surface area contributed by atoms with Gasteiger partial charge in [-0.15, -0.1) is 0 Å². The zero-order valence-electron chi connectivity index (χ0n) is 13.2. The molecule has 108 valence electrons. The summed E-state index contributed by atoms with van der Waals surface area (Å²) in [6.45, 7) is 14.0. The summed E-state index contributed by atoms with van der Waals surface area (Å²) in [4.78, 5) is 7.04. The van der Waals surface area contributed by atoms with Crippen molar-refractivity contribution in [2.45, 2.75) is 54.0 Å². The molecule has 0 atom stereocenters. The van der Waals surface area contributed by atoms with Gasteiger partial charge in [0.05, 0.1) is 5.69 Å². The second-order valence-electron chi connectivity index (χ2n) is 5.44. The van der Waals surface area contributed by atoms with Gasteiger partial charge in [0.25, 0.3) is 0 Å². The van der Waals surface area contributed by atoms with E-state index in [1.54, 1.807) is 0 Å². The van der Waals surface area contributed by atoms with Gasteiger partial charge in [-0.2, -0.15) is 0 Å². The van der Waals surface area contributed by atoms with Crippen LogP contribution in [0.2, 0.25) is 0 Å². The summed E-state index contributed by atoms with van der Waals surface area (Å²) in [7, 11) is 0. The van der Waals surface area contributed by atoms with E-state index in [0.29, 0.717) is 0 Å². The SMILES string of the molecule is CCC(CC)CN(CC)Cc1ncc(C)c(N)c1C. The zero-order valence-corrected chi connectivity index (χ0v) is 13.2. The summed E-state index contributed by atoms with van der Waals surface area (Å²) in [6, 6.07) is 0. The average molecular weight is 263 g/mol. The lowest BCUT2D eigenvalue weighted by Gasteiger charge is -2.25. The Morgan fingerprint density at radius 2 is 1.84 bits per heavy atom. The van der Waals surface area contributed by atoms with Crippen molar-refractivity contribution in [1.82, 2.24) is 9.88 Å². The van der Waals surface area contributed by atoms with E-state index in [-0.39, 0.29) is 0 Å². The molecule has 0 fully saturated rings. The van der Waals surface area contributed by atoms with Gasteiger partial charge in [0, 0.05) is 25.0 Å². The van der Waals surface area contributed by atoms with Crippen LogP contribution in [0.15, 0.2) is 6.20 Å². The van der Waals surface area contributed by atoms with Crippen LogP contribution < -0.4 is 5.73 Å². The number of nitrogens with two attached hydrogens (primary N) is 1. The van der Waals surface area contributed by atoms with Crippen molar-refractivity contribution in [3.8, 4) is 0 Å². The first kappa shape index (κ1) is 16.0. The first-order valence-corrected chi connectivity index (χ1v) is 7.46. The van der Waals surface area contributed by atoms with Crippen LogP contribution in [-0.4, -0.2) is 23.0 Å². The minimum atomic E-state index is 0.781.